The maximum Gasteiger partial charge on any atom is 0.193 e. The molecular weight excluding hydrogens is 311 g/mol. The van der Waals surface area contributed by atoms with Crippen LogP contribution in [-0.2, 0) is 0 Å². The zero-order valence-corrected chi connectivity index (χ0v) is 12.1. The van der Waals surface area contributed by atoms with E-state index in [1.165, 1.54) is 19.2 Å². The van der Waals surface area contributed by atoms with Gasteiger partial charge in [-0.05, 0) is 48.9 Å². The number of hydrogen-bond donors (Lipinski definition) is 0. The topological polar surface area (TPSA) is 26.3 Å². The molecule has 0 amide bonds. The average molecular weight is 323 g/mol. The predicted molar refractivity (Wildman–Crippen MR) is 75.3 cm³/mol. The van der Waals surface area contributed by atoms with Gasteiger partial charge in [-0.15, -0.1) is 0 Å². The lowest BCUT2D eigenvalue weighted by molar-refractivity contribution is 0.103. The van der Waals surface area contributed by atoms with Gasteiger partial charge in [-0.1, -0.05) is 15.9 Å². The molecule has 2 aromatic carbocycles. The number of hydrogen-bond acceptors (Lipinski definition) is 2. The first-order valence-electron chi connectivity index (χ1n) is 5.67. The molecule has 0 bridgehead atoms. The highest BCUT2D eigenvalue weighted by Gasteiger charge is 2.13. The van der Waals surface area contributed by atoms with E-state index in [1.807, 2.05) is 13.0 Å². The summed E-state index contributed by atoms with van der Waals surface area (Å²) in [7, 11) is 1.39. The van der Waals surface area contributed by atoms with Crippen LogP contribution in [0.15, 0.2) is 40.9 Å². The van der Waals surface area contributed by atoms with E-state index in [2.05, 4.69) is 15.9 Å². The fourth-order valence-corrected chi connectivity index (χ4v) is 2.01. The number of methoxy groups -OCH3 is 1. The van der Waals surface area contributed by atoms with Gasteiger partial charge in [0.1, 0.15) is 0 Å². The molecule has 0 N–H and O–H groups in total. The summed E-state index contributed by atoms with van der Waals surface area (Å²) in [6.45, 7) is 1.90. The summed E-state index contributed by atoms with van der Waals surface area (Å²) in [6, 6.07) is 9.49. The van der Waals surface area contributed by atoms with Crippen LogP contribution in [-0.4, -0.2) is 12.9 Å². The molecule has 4 heteroatoms. The molecule has 0 radical (unpaired) electrons. The van der Waals surface area contributed by atoms with Crippen molar-refractivity contribution < 1.29 is 13.9 Å². The van der Waals surface area contributed by atoms with Gasteiger partial charge in [-0.3, -0.25) is 4.79 Å². The van der Waals surface area contributed by atoms with Gasteiger partial charge in [0.2, 0.25) is 0 Å². The first kappa shape index (κ1) is 13.7. The number of halogens is 2. The van der Waals surface area contributed by atoms with Crippen LogP contribution in [0.2, 0.25) is 0 Å². The summed E-state index contributed by atoms with van der Waals surface area (Å²) in [5.74, 6) is -0.622. The fraction of sp³-hybridized carbons (Fsp3) is 0.133. The van der Waals surface area contributed by atoms with E-state index in [0.717, 1.165) is 10.0 Å². The highest BCUT2D eigenvalue weighted by atomic mass is 79.9. The Balaban J connectivity index is 2.38. The lowest BCUT2D eigenvalue weighted by Gasteiger charge is -2.06. The van der Waals surface area contributed by atoms with Crippen LogP contribution in [0.1, 0.15) is 21.5 Å². The summed E-state index contributed by atoms with van der Waals surface area (Å²) >= 11 is 3.38. The highest BCUT2D eigenvalue weighted by Crippen LogP contribution is 2.22. The van der Waals surface area contributed by atoms with Crippen molar-refractivity contribution in [3.63, 3.8) is 0 Å². The molecular formula is C15H12BrFO2. The molecule has 0 unspecified atom stereocenters. The average Bonchev–Trinajstić information content (AvgIpc) is 2.41. The Morgan fingerprint density at radius 2 is 1.79 bits per heavy atom. The molecule has 0 aliphatic rings. The number of rotatable bonds is 3. The Morgan fingerprint density at radius 1 is 1.16 bits per heavy atom. The number of carbonyl (C=O) groups excluding carboxylic acids is 1. The molecule has 2 rings (SSSR count). The summed E-state index contributed by atoms with van der Waals surface area (Å²) in [5, 5.41) is 0. The molecule has 2 nitrogen and oxygen atoms in total. The molecule has 0 heterocycles. The molecule has 19 heavy (non-hydrogen) atoms. The monoisotopic (exact) mass is 322 g/mol. The zero-order chi connectivity index (χ0) is 14.0. The van der Waals surface area contributed by atoms with Crippen molar-refractivity contribution >= 4 is 21.7 Å². The van der Waals surface area contributed by atoms with Crippen LogP contribution in [0.25, 0.3) is 0 Å². The summed E-state index contributed by atoms with van der Waals surface area (Å²) in [4.78, 5) is 12.2. The van der Waals surface area contributed by atoms with E-state index in [0.29, 0.717) is 11.1 Å². The lowest BCUT2D eigenvalue weighted by Crippen LogP contribution is -2.03. The van der Waals surface area contributed by atoms with E-state index in [-0.39, 0.29) is 11.5 Å². The van der Waals surface area contributed by atoms with Crippen LogP contribution in [0.4, 0.5) is 4.39 Å². The highest BCUT2D eigenvalue weighted by molar-refractivity contribution is 9.10. The van der Waals surface area contributed by atoms with Gasteiger partial charge in [0, 0.05) is 15.6 Å². The largest absolute Gasteiger partial charge is 0.494 e. The van der Waals surface area contributed by atoms with E-state index >= 15 is 0 Å². The van der Waals surface area contributed by atoms with Crippen molar-refractivity contribution in [2.45, 2.75) is 6.92 Å². The van der Waals surface area contributed by atoms with E-state index < -0.39 is 5.82 Å². The first-order chi connectivity index (χ1) is 9.02. The van der Waals surface area contributed by atoms with Crippen LogP contribution >= 0.6 is 15.9 Å². The van der Waals surface area contributed by atoms with Gasteiger partial charge in [0.05, 0.1) is 7.11 Å². The smallest absolute Gasteiger partial charge is 0.193 e. The maximum atomic E-state index is 13.6. The SMILES string of the molecule is COc1ccc(C(=O)c2ccc(Br)c(C)c2)cc1F. The molecule has 0 aliphatic carbocycles. The zero-order valence-electron chi connectivity index (χ0n) is 10.5. The minimum Gasteiger partial charge on any atom is -0.494 e. The van der Waals surface area contributed by atoms with Crippen LogP contribution < -0.4 is 4.74 Å². The van der Waals surface area contributed by atoms with Gasteiger partial charge in [0.15, 0.2) is 17.3 Å². The van der Waals surface area contributed by atoms with Crippen LogP contribution in [0.3, 0.4) is 0 Å². The van der Waals surface area contributed by atoms with Crippen LogP contribution in [0, 0.1) is 12.7 Å². The van der Waals surface area contributed by atoms with Crippen molar-refractivity contribution in [3.8, 4) is 5.75 Å². The molecule has 0 saturated carbocycles. The van der Waals surface area contributed by atoms with Gasteiger partial charge < -0.3 is 4.74 Å². The molecule has 0 spiro atoms. The van der Waals surface area contributed by atoms with Gasteiger partial charge in [-0.25, -0.2) is 4.39 Å². The van der Waals surface area contributed by atoms with Gasteiger partial charge in [0.25, 0.3) is 0 Å². The number of benzene rings is 2. The van der Waals surface area contributed by atoms with Gasteiger partial charge >= 0.3 is 0 Å². The normalized spacial score (nSPS) is 10.3. The van der Waals surface area contributed by atoms with Gasteiger partial charge in [-0.2, -0.15) is 0 Å². The molecule has 0 aromatic heterocycles. The third kappa shape index (κ3) is 2.84. The van der Waals surface area contributed by atoms with E-state index in [9.17, 15) is 9.18 Å². The second-order valence-corrected chi connectivity index (χ2v) is 5.00. The van der Waals surface area contributed by atoms with Crippen molar-refractivity contribution in [2.24, 2.45) is 0 Å². The van der Waals surface area contributed by atoms with Crippen molar-refractivity contribution in [3.05, 3.63) is 63.4 Å². The quantitative estimate of drug-likeness (QED) is 0.794. The van der Waals surface area contributed by atoms with Crippen molar-refractivity contribution in [2.75, 3.05) is 7.11 Å². The Hall–Kier alpha value is -1.68. The van der Waals surface area contributed by atoms with E-state index in [4.69, 9.17) is 4.74 Å². The Bertz CT molecular complexity index is 638. The number of carbonyl (C=O) groups is 1. The Morgan fingerprint density at radius 3 is 2.37 bits per heavy atom. The Kier molecular flexibility index (Phi) is 4.00. The molecule has 0 saturated heterocycles. The predicted octanol–water partition coefficient (Wildman–Crippen LogP) is 4.14. The summed E-state index contributed by atoms with van der Waals surface area (Å²) < 4.78 is 19.3. The molecule has 98 valence electrons. The van der Waals surface area contributed by atoms with Crippen LogP contribution in [0.5, 0.6) is 5.75 Å². The fourth-order valence-electron chi connectivity index (χ4n) is 1.76. The second kappa shape index (κ2) is 5.53. The summed E-state index contributed by atoms with van der Waals surface area (Å²) in [6.07, 6.45) is 0. The number of aryl methyl sites for hydroxylation is 1. The van der Waals surface area contributed by atoms with Crippen molar-refractivity contribution in [1.82, 2.24) is 0 Å². The van der Waals surface area contributed by atoms with Crippen molar-refractivity contribution in [1.29, 1.82) is 0 Å². The standard InChI is InChI=1S/C15H12BrFO2/c1-9-7-10(3-5-12(9)16)15(18)11-4-6-14(19-2)13(17)8-11/h3-8H,1-2H3. The molecule has 0 aliphatic heterocycles. The Labute approximate surface area is 119 Å². The summed E-state index contributed by atoms with van der Waals surface area (Å²) in [5.41, 5.74) is 1.80. The molecule has 0 fully saturated rings. The minimum absolute atomic E-state index is 0.128. The second-order valence-electron chi connectivity index (χ2n) is 4.14. The number of ketones is 1. The number of ether oxygens (including phenoxy) is 1. The first-order valence-corrected chi connectivity index (χ1v) is 6.46. The molecule has 2 aromatic rings. The maximum absolute atomic E-state index is 13.6. The third-order valence-corrected chi connectivity index (χ3v) is 3.72. The minimum atomic E-state index is -0.540. The lowest BCUT2D eigenvalue weighted by atomic mass is 10.0. The van der Waals surface area contributed by atoms with E-state index in [1.54, 1.807) is 18.2 Å². The molecule has 0 atom stereocenters. The third-order valence-electron chi connectivity index (χ3n) is 2.83.